The van der Waals surface area contributed by atoms with Crippen LogP contribution in [0.5, 0.6) is 11.5 Å². The highest BCUT2D eigenvalue weighted by Crippen LogP contribution is 2.29. The van der Waals surface area contributed by atoms with E-state index >= 15 is 0 Å². The first-order valence-electron chi connectivity index (χ1n) is 18.7. The van der Waals surface area contributed by atoms with Crippen LogP contribution >= 0.6 is 23.2 Å². The fraction of sp³-hybridized carbons (Fsp3) is 0.381. The molecule has 2 aliphatic heterocycles. The number of benzene rings is 4. The largest absolute Gasteiger partial charge is 0.484 e. The number of nitro groups is 1. The number of hydrogen-bond acceptors (Lipinski definition) is 8. The van der Waals surface area contributed by atoms with E-state index in [2.05, 4.69) is 23.6 Å². The van der Waals surface area contributed by atoms with Gasteiger partial charge >= 0.3 is 0 Å². The maximum atomic E-state index is 13.1. The van der Waals surface area contributed by atoms with Crippen molar-refractivity contribution in [1.29, 1.82) is 0 Å². The van der Waals surface area contributed by atoms with Crippen LogP contribution in [0, 0.1) is 28.7 Å². The Balaban J connectivity index is 0.000000218. The molecule has 11 nitrogen and oxygen atoms in total. The van der Waals surface area contributed by atoms with Gasteiger partial charge in [0.05, 0.1) is 11.0 Å². The summed E-state index contributed by atoms with van der Waals surface area (Å²) in [5, 5.41) is 11.6. The first-order chi connectivity index (χ1) is 27.2. The second kappa shape index (κ2) is 20.0. The summed E-state index contributed by atoms with van der Waals surface area (Å²) >= 11 is 11.7. The second-order valence-corrected chi connectivity index (χ2v) is 15.3. The van der Waals surface area contributed by atoms with Crippen LogP contribution in [0.2, 0.25) is 10.0 Å². The molecule has 0 aliphatic carbocycles. The molecule has 2 saturated heterocycles. The lowest BCUT2D eigenvalue weighted by atomic mass is 10.1. The molecule has 0 saturated carbocycles. The minimum Gasteiger partial charge on any atom is -0.484 e. The number of rotatable bonds is 11. The normalized spacial score (nSPS) is 18.7. The molecule has 4 aromatic carbocycles. The van der Waals surface area contributed by atoms with Crippen molar-refractivity contribution < 1.29 is 32.8 Å². The molecule has 3 unspecified atom stereocenters. The van der Waals surface area contributed by atoms with Gasteiger partial charge in [-0.2, -0.15) is 0 Å². The van der Waals surface area contributed by atoms with Crippen LogP contribution in [0.1, 0.15) is 37.5 Å². The molecule has 0 bridgehead atoms. The molecule has 0 N–H and O–H groups in total. The number of carbonyl (C=O) groups is 2. The van der Waals surface area contributed by atoms with Gasteiger partial charge in [0.15, 0.2) is 13.2 Å². The summed E-state index contributed by atoms with van der Waals surface area (Å²) in [6.45, 7) is 12.6. The van der Waals surface area contributed by atoms with Crippen LogP contribution in [0.15, 0.2) is 84.9 Å². The Morgan fingerprint density at radius 3 is 1.95 bits per heavy atom. The van der Waals surface area contributed by atoms with Gasteiger partial charge in [-0.1, -0.05) is 47.5 Å². The maximum Gasteiger partial charge on any atom is 0.291 e. The summed E-state index contributed by atoms with van der Waals surface area (Å²) < 4.78 is 37.3. The number of amides is 2. The third-order valence-corrected chi connectivity index (χ3v) is 10.6. The van der Waals surface area contributed by atoms with Gasteiger partial charge in [0, 0.05) is 69.0 Å². The van der Waals surface area contributed by atoms with Crippen molar-refractivity contribution in [2.45, 2.75) is 58.9 Å². The average molecular weight is 827 g/mol. The molecule has 304 valence electrons. The number of nitro benzene ring substituents is 1. The Morgan fingerprint density at radius 2 is 1.33 bits per heavy atom. The number of piperazine rings is 2. The molecular weight excluding hydrogens is 779 g/mol. The number of ether oxygens (including phenoxy) is 2. The molecule has 15 heteroatoms. The number of carbonyl (C=O) groups excluding carboxylic acids is 2. The van der Waals surface area contributed by atoms with Gasteiger partial charge in [-0.15, -0.1) is 0 Å². The lowest BCUT2D eigenvalue weighted by Gasteiger charge is -2.44. The third-order valence-electron chi connectivity index (χ3n) is 10.1. The van der Waals surface area contributed by atoms with Crippen LogP contribution in [0.4, 0.5) is 14.5 Å². The molecule has 57 heavy (non-hydrogen) atoms. The van der Waals surface area contributed by atoms with Crippen molar-refractivity contribution in [3.05, 3.63) is 133 Å². The van der Waals surface area contributed by atoms with Crippen molar-refractivity contribution in [3.63, 3.8) is 0 Å². The zero-order valence-corrected chi connectivity index (χ0v) is 33.9. The summed E-state index contributed by atoms with van der Waals surface area (Å²) in [5.41, 5.74) is 2.73. The van der Waals surface area contributed by atoms with Gasteiger partial charge < -0.3 is 19.3 Å². The number of nitrogens with zero attached hydrogens (tertiary/aromatic N) is 5. The molecule has 0 radical (unpaired) electrons. The average Bonchev–Trinajstić information content (AvgIpc) is 3.17. The van der Waals surface area contributed by atoms with Gasteiger partial charge in [-0.25, -0.2) is 8.78 Å². The molecule has 2 amide bonds. The van der Waals surface area contributed by atoms with Crippen LogP contribution in [0.25, 0.3) is 0 Å². The van der Waals surface area contributed by atoms with Gasteiger partial charge in [-0.05, 0) is 99.0 Å². The van der Waals surface area contributed by atoms with Gasteiger partial charge in [0.1, 0.15) is 28.2 Å². The first kappa shape index (κ1) is 43.3. The standard InChI is InChI=1S/C22H26ClFN2O2.C20H21ClFN3O4/c1-15-10-19(23)6-9-21(15)28-14-22(27)26-12-16(2)25(11-17(26)3)13-18-4-7-20(24)8-5-18;1-14-11-23(12-15-2-4-16(22)5-3-15)8-9-24(14)20(26)13-29-17-6-7-18(21)19(10-17)25(27)28/h4-10,16-17H,11-14H2,1-3H3;2-7,10,14H,8-9,11-13H2,1H3. The van der Waals surface area contributed by atoms with Crippen LogP contribution in [-0.4, -0.2) is 100 Å². The van der Waals surface area contributed by atoms with Gasteiger partial charge in [0.25, 0.3) is 17.5 Å². The van der Waals surface area contributed by atoms with E-state index in [9.17, 15) is 28.5 Å². The fourth-order valence-corrected chi connectivity index (χ4v) is 7.35. The van der Waals surface area contributed by atoms with Gasteiger partial charge in [-0.3, -0.25) is 29.5 Å². The molecule has 3 atom stereocenters. The highest BCUT2D eigenvalue weighted by atomic mass is 35.5. The third kappa shape index (κ3) is 12.3. The lowest BCUT2D eigenvalue weighted by Crippen LogP contribution is -2.58. The Morgan fingerprint density at radius 1 is 0.737 bits per heavy atom. The van der Waals surface area contributed by atoms with Crippen molar-refractivity contribution >= 4 is 40.7 Å². The predicted octanol–water partition coefficient (Wildman–Crippen LogP) is 7.79. The molecule has 2 fully saturated rings. The van der Waals surface area contributed by atoms with Crippen LogP contribution < -0.4 is 9.47 Å². The second-order valence-electron chi connectivity index (χ2n) is 14.5. The smallest absolute Gasteiger partial charge is 0.291 e. The van der Waals surface area contributed by atoms with Crippen LogP contribution in [0.3, 0.4) is 0 Å². The molecule has 6 rings (SSSR count). The molecule has 0 spiro atoms. The SMILES string of the molecule is CC1CN(Cc2ccc(F)cc2)CCN1C(=O)COc1ccc(Cl)c([N+](=O)[O-])c1.Cc1cc(Cl)ccc1OCC(=O)N1CC(C)N(Cc2ccc(F)cc2)CC1C. The van der Waals surface area contributed by atoms with E-state index in [0.717, 1.165) is 29.8 Å². The summed E-state index contributed by atoms with van der Waals surface area (Å²) in [5.74, 6) is 0.206. The predicted molar refractivity (Wildman–Crippen MR) is 216 cm³/mol. The van der Waals surface area contributed by atoms with E-state index in [4.69, 9.17) is 32.7 Å². The van der Waals surface area contributed by atoms with E-state index in [1.54, 1.807) is 29.2 Å². The van der Waals surface area contributed by atoms with E-state index in [0.29, 0.717) is 43.5 Å². The molecular formula is C42H47Cl2F2N5O6. The van der Waals surface area contributed by atoms with Crippen molar-refractivity contribution in [2.24, 2.45) is 0 Å². The van der Waals surface area contributed by atoms with Crippen molar-refractivity contribution in [2.75, 3.05) is 45.9 Å². The van der Waals surface area contributed by atoms with E-state index in [-0.39, 0.29) is 71.2 Å². The number of aryl methyl sites for hydroxylation is 1. The van der Waals surface area contributed by atoms with Crippen LogP contribution in [-0.2, 0) is 22.7 Å². The van der Waals surface area contributed by atoms with E-state index in [1.165, 1.54) is 42.5 Å². The highest BCUT2D eigenvalue weighted by molar-refractivity contribution is 6.32. The lowest BCUT2D eigenvalue weighted by molar-refractivity contribution is -0.384. The quantitative estimate of drug-likeness (QED) is 0.112. The minimum atomic E-state index is -0.598. The molecule has 2 aliphatic rings. The monoisotopic (exact) mass is 825 g/mol. The van der Waals surface area contributed by atoms with Crippen molar-refractivity contribution in [3.8, 4) is 11.5 Å². The molecule has 0 aromatic heterocycles. The zero-order chi connectivity index (χ0) is 41.2. The maximum absolute atomic E-state index is 13.1. The summed E-state index contributed by atoms with van der Waals surface area (Å²) in [7, 11) is 0. The topological polar surface area (TPSA) is 109 Å². The zero-order valence-electron chi connectivity index (χ0n) is 32.4. The Hall–Kier alpha value is -4.82. The summed E-state index contributed by atoms with van der Waals surface area (Å²) in [6, 6.07) is 22.7. The van der Waals surface area contributed by atoms with E-state index in [1.807, 2.05) is 36.9 Å². The highest BCUT2D eigenvalue weighted by Gasteiger charge is 2.32. The van der Waals surface area contributed by atoms with E-state index < -0.39 is 4.92 Å². The summed E-state index contributed by atoms with van der Waals surface area (Å²) in [6.07, 6.45) is 0. The minimum absolute atomic E-state index is 0.0114. The van der Waals surface area contributed by atoms with Crippen molar-refractivity contribution in [1.82, 2.24) is 19.6 Å². The Bertz CT molecular complexity index is 2010. The Kier molecular flexibility index (Phi) is 15.2. The fourth-order valence-electron chi connectivity index (χ4n) is 6.93. The molecule has 4 aromatic rings. The van der Waals surface area contributed by atoms with Gasteiger partial charge in [0.2, 0.25) is 0 Å². The Labute approximate surface area is 341 Å². The summed E-state index contributed by atoms with van der Waals surface area (Å²) in [4.78, 5) is 43.8. The number of hydrogen-bond donors (Lipinski definition) is 0. The first-order valence-corrected chi connectivity index (χ1v) is 19.4. The number of halogens is 4. The molecule has 2 heterocycles.